The van der Waals surface area contributed by atoms with Crippen LogP contribution >= 0.6 is 23.1 Å². The standard InChI is InChI=1S/C32H31N5O2S2/c1-20-26(28(38)35-21-11-6-5-7-12-21)27(25-15-10-17-40-25)23(19-33)29(34-20)41-18-16-37-30(39)22-13-8-9-14-24(22)36-31(37)32(2,3)4/h5-15,17,26-27H,16,18H2,1-4H3,(H,35,38)/t26?,27-/m0/s1. The number of thioether (sulfide) groups is 1. The Morgan fingerprint density at radius 1 is 1.10 bits per heavy atom. The summed E-state index contributed by atoms with van der Waals surface area (Å²) in [5.74, 6) is -0.0326. The highest BCUT2D eigenvalue weighted by Gasteiger charge is 2.40. The Labute approximate surface area is 247 Å². The summed E-state index contributed by atoms with van der Waals surface area (Å²) in [6.45, 7) is 8.39. The molecule has 1 aliphatic rings. The van der Waals surface area contributed by atoms with Gasteiger partial charge in [-0.25, -0.2) is 9.98 Å². The van der Waals surface area contributed by atoms with E-state index in [2.05, 4.69) is 11.4 Å². The fourth-order valence-electron chi connectivity index (χ4n) is 5.10. The molecule has 0 saturated carbocycles. The molecular weight excluding hydrogens is 551 g/mol. The maximum Gasteiger partial charge on any atom is 0.261 e. The average molecular weight is 582 g/mol. The molecule has 41 heavy (non-hydrogen) atoms. The smallest absolute Gasteiger partial charge is 0.261 e. The van der Waals surface area contributed by atoms with Gasteiger partial charge in [0.1, 0.15) is 10.9 Å². The van der Waals surface area contributed by atoms with Crippen LogP contribution in [-0.2, 0) is 16.8 Å². The second-order valence-electron chi connectivity index (χ2n) is 10.9. The summed E-state index contributed by atoms with van der Waals surface area (Å²) in [7, 11) is 0. The van der Waals surface area contributed by atoms with Crippen molar-refractivity contribution in [3.8, 4) is 6.07 Å². The van der Waals surface area contributed by atoms with Gasteiger partial charge in [-0.3, -0.25) is 14.2 Å². The van der Waals surface area contributed by atoms with Crippen LogP contribution in [0.15, 0.2) is 92.5 Å². The Morgan fingerprint density at radius 2 is 1.83 bits per heavy atom. The number of fused-ring (bicyclic) bond motifs is 1. The molecule has 1 unspecified atom stereocenters. The van der Waals surface area contributed by atoms with Crippen molar-refractivity contribution in [2.45, 2.75) is 45.6 Å². The minimum Gasteiger partial charge on any atom is -0.325 e. The van der Waals surface area contributed by atoms with Crippen molar-refractivity contribution in [3.63, 3.8) is 0 Å². The highest BCUT2D eigenvalue weighted by Crippen LogP contribution is 2.43. The zero-order valence-electron chi connectivity index (χ0n) is 23.4. The zero-order valence-corrected chi connectivity index (χ0v) is 25.1. The van der Waals surface area contributed by atoms with Crippen molar-refractivity contribution < 1.29 is 4.79 Å². The van der Waals surface area contributed by atoms with Gasteiger partial charge in [-0.05, 0) is 42.6 Å². The Balaban J connectivity index is 1.46. The number of thiophene rings is 1. The van der Waals surface area contributed by atoms with Crippen LogP contribution < -0.4 is 10.9 Å². The van der Waals surface area contributed by atoms with Crippen LogP contribution in [0.1, 0.15) is 44.3 Å². The predicted octanol–water partition coefficient (Wildman–Crippen LogP) is 6.74. The second-order valence-corrected chi connectivity index (χ2v) is 13.0. The molecule has 4 aromatic rings. The maximum atomic E-state index is 13.6. The molecular formula is C32H31N5O2S2. The number of hydrogen-bond acceptors (Lipinski definition) is 7. The van der Waals surface area contributed by atoms with Crippen molar-refractivity contribution >= 4 is 51.3 Å². The van der Waals surface area contributed by atoms with Gasteiger partial charge < -0.3 is 5.32 Å². The van der Waals surface area contributed by atoms with Crippen molar-refractivity contribution in [1.82, 2.24) is 9.55 Å². The largest absolute Gasteiger partial charge is 0.325 e. The number of carbonyl (C=O) groups is 1. The van der Waals surface area contributed by atoms with E-state index < -0.39 is 11.8 Å². The second kappa shape index (κ2) is 11.9. The highest BCUT2D eigenvalue weighted by molar-refractivity contribution is 8.03. The molecule has 1 N–H and O–H groups in total. The van der Waals surface area contributed by atoms with Gasteiger partial charge in [0, 0.05) is 39.9 Å². The number of rotatable bonds is 7. The molecule has 9 heteroatoms. The number of hydrogen-bond donors (Lipinski definition) is 1. The first-order valence-corrected chi connectivity index (χ1v) is 15.3. The van der Waals surface area contributed by atoms with E-state index in [0.29, 0.717) is 51.0 Å². The van der Waals surface area contributed by atoms with Crippen LogP contribution in [0.25, 0.3) is 10.9 Å². The van der Waals surface area contributed by atoms with Crippen molar-refractivity contribution in [2.75, 3.05) is 11.1 Å². The minimum absolute atomic E-state index is 0.0759. The van der Waals surface area contributed by atoms with Gasteiger partial charge in [-0.15, -0.1) is 23.1 Å². The molecule has 0 saturated heterocycles. The SMILES string of the molecule is CC1=NC(SCCn2c(C(C)(C)C)nc3ccccc3c2=O)=C(C#N)[C@@H](c2cccs2)C1C(=O)Nc1ccccc1. The predicted molar refractivity (Wildman–Crippen MR) is 169 cm³/mol. The number of benzene rings is 2. The van der Waals surface area contributed by atoms with Gasteiger partial charge in [0.25, 0.3) is 5.56 Å². The number of allylic oxidation sites excluding steroid dienone is 1. The Kier molecular flexibility index (Phi) is 8.25. The molecule has 0 radical (unpaired) electrons. The summed E-state index contributed by atoms with van der Waals surface area (Å²) < 4.78 is 1.74. The van der Waals surface area contributed by atoms with E-state index in [1.165, 1.54) is 23.1 Å². The number of nitrogens with one attached hydrogen (secondary N) is 1. The molecule has 0 aliphatic carbocycles. The van der Waals surface area contributed by atoms with Crippen molar-refractivity contribution in [3.05, 3.63) is 104 Å². The third-order valence-electron chi connectivity index (χ3n) is 6.98. The molecule has 208 valence electrons. The molecule has 0 fully saturated rings. The summed E-state index contributed by atoms with van der Waals surface area (Å²) in [4.78, 5) is 37.6. The lowest BCUT2D eigenvalue weighted by molar-refractivity contribution is -0.118. The molecule has 3 heterocycles. The molecule has 1 amide bonds. The Bertz CT molecular complexity index is 1740. The first-order valence-electron chi connectivity index (χ1n) is 13.4. The number of aliphatic imine (C=N–C) groups is 1. The molecule has 2 aromatic carbocycles. The van der Waals surface area contributed by atoms with Crippen molar-refractivity contribution in [1.29, 1.82) is 5.26 Å². The first-order chi connectivity index (χ1) is 19.7. The third-order valence-corrected chi connectivity index (χ3v) is 8.91. The van der Waals surface area contributed by atoms with Crippen LogP contribution in [0, 0.1) is 17.2 Å². The number of amides is 1. The lowest BCUT2D eigenvalue weighted by Gasteiger charge is -2.30. The van der Waals surface area contributed by atoms with Crippen LogP contribution in [0.3, 0.4) is 0 Å². The molecule has 2 atom stereocenters. The van der Waals surface area contributed by atoms with Gasteiger partial charge in [0.15, 0.2) is 0 Å². The van der Waals surface area contributed by atoms with Crippen LogP contribution in [0.4, 0.5) is 5.69 Å². The molecule has 7 nitrogen and oxygen atoms in total. The summed E-state index contributed by atoms with van der Waals surface area (Å²) in [5.41, 5.74) is 2.09. The van der Waals surface area contributed by atoms with Crippen LogP contribution in [0.5, 0.6) is 0 Å². The van der Waals surface area contributed by atoms with E-state index in [4.69, 9.17) is 9.98 Å². The third kappa shape index (κ3) is 5.90. The topological polar surface area (TPSA) is 100 Å². The number of nitrogens with zero attached hydrogens (tertiary/aromatic N) is 4. The summed E-state index contributed by atoms with van der Waals surface area (Å²) in [5, 5.41) is 16.5. The van der Waals surface area contributed by atoms with Crippen molar-refractivity contribution in [2.24, 2.45) is 10.9 Å². The molecule has 0 bridgehead atoms. The van der Waals surface area contributed by atoms with Crippen LogP contribution in [-0.4, -0.2) is 26.9 Å². The number of nitriles is 1. The monoisotopic (exact) mass is 581 g/mol. The van der Waals surface area contributed by atoms with E-state index in [-0.39, 0.29) is 16.9 Å². The fourth-order valence-corrected chi connectivity index (χ4v) is 6.97. The average Bonchev–Trinajstić information content (AvgIpc) is 3.48. The van der Waals surface area contributed by atoms with Crippen LogP contribution in [0.2, 0.25) is 0 Å². The van der Waals surface area contributed by atoms with E-state index in [0.717, 1.165) is 4.88 Å². The minimum atomic E-state index is -0.618. The van der Waals surface area contributed by atoms with E-state index in [1.54, 1.807) is 10.6 Å². The molecule has 2 aromatic heterocycles. The molecule has 1 aliphatic heterocycles. The lowest BCUT2D eigenvalue weighted by atomic mass is 9.80. The summed E-state index contributed by atoms with van der Waals surface area (Å²) in [6.07, 6.45) is 0. The number of anilines is 1. The first kappa shape index (κ1) is 28.5. The summed E-state index contributed by atoms with van der Waals surface area (Å²) >= 11 is 2.96. The number of aromatic nitrogens is 2. The molecule has 0 spiro atoms. The fraction of sp³-hybridized carbons (Fsp3) is 0.281. The summed E-state index contributed by atoms with van der Waals surface area (Å²) in [6, 6.07) is 23.0. The lowest BCUT2D eigenvalue weighted by Crippen LogP contribution is -2.36. The van der Waals surface area contributed by atoms with Gasteiger partial charge in [-0.1, -0.05) is 57.2 Å². The van der Waals surface area contributed by atoms with Gasteiger partial charge in [0.2, 0.25) is 5.91 Å². The Morgan fingerprint density at radius 3 is 2.51 bits per heavy atom. The Hall–Kier alpha value is -4.00. The zero-order chi connectivity index (χ0) is 29.1. The number of carbonyl (C=O) groups excluding carboxylic acids is 1. The normalized spacial score (nSPS) is 17.3. The van der Waals surface area contributed by atoms with E-state index in [1.807, 2.05) is 93.7 Å². The number of para-hydroxylation sites is 2. The highest BCUT2D eigenvalue weighted by atomic mass is 32.2. The molecule has 5 rings (SSSR count). The van der Waals surface area contributed by atoms with E-state index >= 15 is 0 Å². The van der Waals surface area contributed by atoms with E-state index in [9.17, 15) is 14.9 Å². The maximum absolute atomic E-state index is 13.6. The quantitative estimate of drug-likeness (QED) is 0.261. The van der Waals surface area contributed by atoms with Gasteiger partial charge in [0.05, 0.1) is 28.5 Å². The van der Waals surface area contributed by atoms with Gasteiger partial charge in [-0.2, -0.15) is 5.26 Å². The van der Waals surface area contributed by atoms with Gasteiger partial charge >= 0.3 is 0 Å².